The molecule has 0 aromatic heterocycles. The van der Waals surface area contributed by atoms with Crippen molar-refractivity contribution in [2.24, 2.45) is 10.9 Å². The van der Waals surface area contributed by atoms with Gasteiger partial charge in [-0.3, -0.25) is 4.79 Å². The van der Waals surface area contributed by atoms with E-state index in [1.54, 1.807) is 0 Å². The SMILES string of the molecule is CCC(CC)(NC(=O)CCc1ccccc1)/C(N)=N/O. The third-order valence-corrected chi connectivity index (χ3v) is 3.67. The van der Waals surface area contributed by atoms with Crippen molar-refractivity contribution in [3.05, 3.63) is 35.9 Å². The van der Waals surface area contributed by atoms with Crippen molar-refractivity contribution >= 4 is 11.7 Å². The molecule has 1 amide bonds. The molecule has 0 atom stereocenters. The lowest BCUT2D eigenvalue weighted by Crippen LogP contribution is -2.56. The first-order valence-corrected chi connectivity index (χ1v) is 6.91. The molecule has 0 spiro atoms. The molecule has 1 aromatic carbocycles. The highest BCUT2D eigenvalue weighted by Gasteiger charge is 2.32. The largest absolute Gasteiger partial charge is 0.409 e. The van der Waals surface area contributed by atoms with Gasteiger partial charge in [0.2, 0.25) is 5.91 Å². The third-order valence-electron chi connectivity index (χ3n) is 3.67. The lowest BCUT2D eigenvalue weighted by Gasteiger charge is -2.31. The van der Waals surface area contributed by atoms with Crippen molar-refractivity contribution in [1.29, 1.82) is 0 Å². The van der Waals surface area contributed by atoms with Gasteiger partial charge in [-0.2, -0.15) is 0 Å². The van der Waals surface area contributed by atoms with E-state index in [1.165, 1.54) is 0 Å². The molecule has 0 saturated heterocycles. The molecule has 0 unspecified atom stereocenters. The molecule has 0 fully saturated rings. The van der Waals surface area contributed by atoms with E-state index < -0.39 is 5.54 Å². The zero-order valence-electron chi connectivity index (χ0n) is 12.1. The molecule has 5 heteroatoms. The van der Waals surface area contributed by atoms with Gasteiger partial charge in [-0.15, -0.1) is 0 Å². The van der Waals surface area contributed by atoms with Crippen LogP contribution in [0.2, 0.25) is 0 Å². The molecular formula is C15H23N3O2. The lowest BCUT2D eigenvalue weighted by molar-refractivity contribution is -0.122. The van der Waals surface area contributed by atoms with Crippen molar-refractivity contribution in [2.75, 3.05) is 0 Å². The van der Waals surface area contributed by atoms with E-state index in [2.05, 4.69) is 10.5 Å². The highest BCUT2D eigenvalue weighted by Crippen LogP contribution is 2.16. The summed E-state index contributed by atoms with van der Waals surface area (Å²) in [6.45, 7) is 3.80. The van der Waals surface area contributed by atoms with E-state index in [1.807, 2.05) is 44.2 Å². The molecule has 0 aliphatic heterocycles. The van der Waals surface area contributed by atoms with Crippen molar-refractivity contribution in [1.82, 2.24) is 5.32 Å². The van der Waals surface area contributed by atoms with Gasteiger partial charge >= 0.3 is 0 Å². The normalized spacial score (nSPS) is 12.2. The fourth-order valence-electron chi connectivity index (χ4n) is 2.18. The van der Waals surface area contributed by atoms with Crippen LogP contribution in [0.4, 0.5) is 0 Å². The van der Waals surface area contributed by atoms with Crippen LogP contribution in [0.1, 0.15) is 38.7 Å². The van der Waals surface area contributed by atoms with E-state index >= 15 is 0 Å². The van der Waals surface area contributed by atoms with E-state index in [0.29, 0.717) is 25.7 Å². The Labute approximate surface area is 119 Å². The lowest BCUT2D eigenvalue weighted by atomic mass is 9.91. The van der Waals surface area contributed by atoms with Gasteiger partial charge in [-0.25, -0.2) is 0 Å². The van der Waals surface area contributed by atoms with Gasteiger partial charge < -0.3 is 16.3 Å². The number of nitrogens with one attached hydrogen (secondary N) is 1. The number of carbonyl (C=O) groups excluding carboxylic acids is 1. The third kappa shape index (κ3) is 3.98. The van der Waals surface area contributed by atoms with E-state index in [0.717, 1.165) is 5.56 Å². The van der Waals surface area contributed by atoms with Gasteiger partial charge in [0, 0.05) is 6.42 Å². The number of benzene rings is 1. The summed E-state index contributed by atoms with van der Waals surface area (Å²) in [6, 6.07) is 9.83. The fourth-order valence-corrected chi connectivity index (χ4v) is 2.18. The van der Waals surface area contributed by atoms with Crippen molar-refractivity contribution in [3.8, 4) is 0 Å². The number of oxime groups is 1. The maximum Gasteiger partial charge on any atom is 0.221 e. The van der Waals surface area contributed by atoms with Crippen LogP contribution in [0.15, 0.2) is 35.5 Å². The second kappa shape index (κ2) is 7.53. The second-order valence-corrected chi connectivity index (χ2v) is 4.81. The Hall–Kier alpha value is -2.04. The summed E-state index contributed by atoms with van der Waals surface area (Å²) in [5.41, 5.74) is 6.07. The molecule has 0 heterocycles. The molecule has 0 aliphatic rings. The van der Waals surface area contributed by atoms with Gasteiger partial charge in [0.15, 0.2) is 5.84 Å². The average molecular weight is 277 g/mol. The second-order valence-electron chi connectivity index (χ2n) is 4.81. The molecular weight excluding hydrogens is 254 g/mol. The Balaban J connectivity index is 2.63. The van der Waals surface area contributed by atoms with Crippen molar-refractivity contribution < 1.29 is 10.0 Å². The fraction of sp³-hybridized carbons (Fsp3) is 0.467. The van der Waals surface area contributed by atoms with Crippen LogP contribution < -0.4 is 11.1 Å². The number of nitrogens with zero attached hydrogens (tertiary/aromatic N) is 1. The standard InChI is InChI=1S/C15H23N3O2/c1-3-15(4-2,14(16)18-20)17-13(19)11-10-12-8-6-5-7-9-12/h5-9,20H,3-4,10-11H2,1-2H3,(H2,16,18)(H,17,19). The molecule has 0 aliphatic carbocycles. The van der Waals surface area contributed by atoms with E-state index in [9.17, 15) is 4.79 Å². The number of nitrogens with two attached hydrogens (primary N) is 1. The van der Waals surface area contributed by atoms with Crippen LogP contribution in [0, 0.1) is 0 Å². The van der Waals surface area contributed by atoms with E-state index in [4.69, 9.17) is 10.9 Å². The number of amides is 1. The van der Waals surface area contributed by atoms with Crippen LogP contribution in [-0.2, 0) is 11.2 Å². The maximum absolute atomic E-state index is 12.1. The minimum absolute atomic E-state index is 0.0514. The molecule has 0 radical (unpaired) electrons. The smallest absolute Gasteiger partial charge is 0.221 e. The minimum Gasteiger partial charge on any atom is -0.409 e. The quantitative estimate of drug-likeness (QED) is 0.308. The first kappa shape index (κ1) is 16.0. The van der Waals surface area contributed by atoms with Gasteiger partial charge in [0.25, 0.3) is 0 Å². The Bertz CT molecular complexity index is 453. The molecule has 0 saturated carbocycles. The zero-order valence-corrected chi connectivity index (χ0v) is 12.1. The molecule has 110 valence electrons. The zero-order chi connectivity index (χ0) is 15.0. The maximum atomic E-state index is 12.1. The topological polar surface area (TPSA) is 87.7 Å². The van der Waals surface area contributed by atoms with Crippen LogP contribution in [0.25, 0.3) is 0 Å². The first-order chi connectivity index (χ1) is 9.57. The van der Waals surface area contributed by atoms with Crippen molar-refractivity contribution in [2.45, 2.75) is 45.1 Å². The van der Waals surface area contributed by atoms with Gasteiger partial charge in [0.05, 0.1) is 0 Å². The molecule has 0 bridgehead atoms. The average Bonchev–Trinajstić information content (AvgIpc) is 2.51. The molecule has 4 N–H and O–H groups in total. The first-order valence-electron chi connectivity index (χ1n) is 6.91. The molecule has 1 aromatic rings. The molecule has 20 heavy (non-hydrogen) atoms. The van der Waals surface area contributed by atoms with Gasteiger partial charge in [0.1, 0.15) is 5.54 Å². The Morgan fingerprint density at radius 3 is 2.40 bits per heavy atom. The summed E-state index contributed by atoms with van der Waals surface area (Å²) in [7, 11) is 0. The minimum atomic E-state index is -0.761. The number of carbonyl (C=O) groups is 1. The predicted octanol–water partition coefficient (Wildman–Crippen LogP) is 2.04. The van der Waals surface area contributed by atoms with Gasteiger partial charge in [-0.1, -0.05) is 49.3 Å². The van der Waals surface area contributed by atoms with Crippen LogP contribution in [-0.4, -0.2) is 22.5 Å². The number of hydrogen-bond acceptors (Lipinski definition) is 3. The number of hydrogen-bond donors (Lipinski definition) is 3. The predicted molar refractivity (Wildman–Crippen MR) is 79.6 cm³/mol. The number of aryl methyl sites for hydroxylation is 1. The summed E-state index contributed by atoms with van der Waals surface area (Å²) in [6.07, 6.45) is 2.21. The van der Waals surface area contributed by atoms with Crippen molar-refractivity contribution in [3.63, 3.8) is 0 Å². The number of rotatable bonds is 7. The summed E-state index contributed by atoms with van der Waals surface area (Å²) < 4.78 is 0. The van der Waals surface area contributed by atoms with Crippen LogP contribution in [0.5, 0.6) is 0 Å². The number of amidine groups is 1. The van der Waals surface area contributed by atoms with E-state index in [-0.39, 0.29) is 11.7 Å². The summed E-state index contributed by atoms with van der Waals surface area (Å²) >= 11 is 0. The highest BCUT2D eigenvalue weighted by molar-refractivity contribution is 5.93. The Morgan fingerprint density at radius 2 is 1.90 bits per heavy atom. The summed E-state index contributed by atoms with van der Waals surface area (Å²) in [5, 5.41) is 14.8. The van der Waals surface area contributed by atoms with Crippen LogP contribution >= 0.6 is 0 Å². The molecule has 1 rings (SSSR count). The van der Waals surface area contributed by atoms with Crippen LogP contribution in [0.3, 0.4) is 0 Å². The Kier molecular flexibility index (Phi) is 6.03. The monoisotopic (exact) mass is 277 g/mol. The Morgan fingerprint density at radius 1 is 1.30 bits per heavy atom. The highest BCUT2D eigenvalue weighted by atomic mass is 16.4. The summed E-state index contributed by atoms with van der Waals surface area (Å²) in [4.78, 5) is 12.1. The van der Waals surface area contributed by atoms with Gasteiger partial charge in [-0.05, 0) is 24.8 Å². The molecule has 5 nitrogen and oxygen atoms in total. The summed E-state index contributed by atoms with van der Waals surface area (Å²) in [5.74, 6) is -0.0419.